The molecule has 0 aliphatic carbocycles. The van der Waals surface area contributed by atoms with Gasteiger partial charge in [-0.15, -0.1) is 6.42 Å². The fourth-order valence-electron chi connectivity index (χ4n) is 4.24. The minimum atomic E-state index is -3.48. The van der Waals surface area contributed by atoms with Gasteiger partial charge in [-0.3, -0.25) is 9.36 Å². The first-order valence-electron chi connectivity index (χ1n) is 12.7. The van der Waals surface area contributed by atoms with E-state index in [9.17, 15) is 9.90 Å². The lowest BCUT2D eigenvalue weighted by molar-refractivity contribution is -0.144. The Morgan fingerprint density at radius 3 is 2.73 bits per heavy atom. The summed E-state index contributed by atoms with van der Waals surface area (Å²) in [7, 11) is 3.59. The van der Waals surface area contributed by atoms with Crippen LogP contribution in [0.4, 0.5) is 10.2 Å². The molecular weight excluding hydrogens is 574 g/mol. The number of imidazole rings is 1. The van der Waals surface area contributed by atoms with E-state index in [-0.39, 0.29) is 12.3 Å². The van der Waals surface area contributed by atoms with Gasteiger partial charge in [0.1, 0.15) is 29.8 Å². The van der Waals surface area contributed by atoms with Crippen molar-refractivity contribution in [2.75, 3.05) is 32.2 Å². The molecule has 1 aromatic carbocycles. The molecule has 0 amide bonds. The number of aromatic nitrogens is 4. The summed E-state index contributed by atoms with van der Waals surface area (Å²) in [4.78, 5) is 27.2. The topological polar surface area (TPSA) is 133 Å². The predicted octanol–water partition coefficient (Wildman–Crippen LogP) is 2.66. The number of para-hydroxylation sites is 1. The summed E-state index contributed by atoms with van der Waals surface area (Å²) in [6, 6.07) is 7.72. The number of benzene rings is 1. The molecule has 15 heteroatoms. The number of carbonyl (C=O) groups is 1. The molecule has 1 saturated heterocycles. The zero-order chi connectivity index (χ0) is 29.9. The fourth-order valence-corrected chi connectivity index (χ4v) is 6.66. The number of fused-ring (bicyclic) bond motifs is 1. The number of aliphatic hydroxyl groups excluding tert-OH is 1. The van der Waals surface area contributed by atoms with Crippen LogP contribution in [0.1, 0.15) is 25.9 Å². The van der Waals surface area contributed by atoms with Crippen molar-refractivity contribution < 1.29 is 32.8 Å². The summed E-state index contributed by atoms with van der Waals surface area (Å²) in [5, 5.41) is 13.9. The second kappa shape index (κ2) is 12.4. The number of carbonyl (C=O) groups excluding carboxylic acids is 1. The van der Waals surface area contributed by atoms with Crippen molar-refractivity contribution in [3.05, 3.63) is 42.5 Å². The lowest BCUT2D eigenvalue weighted by Gasteiger charge is -2.27. The van der Waals surface area contributed by atoms with Gasteiger partial charge in [0.05, 0.1) is 19.5 Å². The number of hydrogen-bond donors (Lipinski definition) is 2. The van der Waals surface area contributed by atoms with Crippen molar-refractivity contribution in [3.63, 3.8) is 0 Å². The Bertz CT molecular complexity index is 1490. The van der Waals surface area contributed by atoms with E-state index < -0.39 is 49.4 Å². The summed E-state index contributed by atoms with van der Waals surface area (Å²) in [5.41, 5.74) is -1.99. The van der Waals surface area contributed by atoms with E-state index in [1.165, 1.54) is 10.9 Å². The highest BCUT2D eigenvalue weighted by Crippen LogP contribution is 2.48. The second-order valence-electron chi connectivity index (χ2n) is 9.50. The summed E-state index contributed by atoms with van der Waals surface area (Å²) in [5.74, 6) is 2.82. The first-order valence-corrected chi connectivity index (χ1v) is 15.4. The average molecular weight is 607 g/mol. The molecule has 1 aliphatic heterocycles. The molecule has 0 spiro atoms. The molecule has 1 fully saturated rings. The number of halogens is 1. The van der Waals surface area contributed by atoms with Crippen molar-refractivity contribution in [3.8, 4) is 18.1 Å². The van der Waals surface area contributed by atoms with Crippen LogP contribution in [0.2, 0.25) is 0 Å². The number of aliphatic hydroxyl groups is 1. The molecule has 3 heterocycles. The molecule has 12 nitrogen and oxygen atoms in total. The lowest BCUT2D eigenvalue weighted by Crippen LogP contribution is -2.42. The zero-order valence-electron chi connectivity index (χ0n) is 23.2. The number of aryl methyl sites for hydroxylation is 1. The van der Waals surface area contributed by atoms with Gasteiger partial charge in [0.2, 0.25) is 5.67 Å². The van der Waals surface area contributed by atoms with Crippen LogP contribution >= 0.6 is 6.64 Å². The van der Waals surface area contributed by atoms with Crippen molar-refractivity contribution in [1.82, 2.24) is 24.6 Å². The molecule has 1 unspecified atom stereocenters. The fraction of sp³-hybridized carbons (Fsp3) is 0.462. The summed E-state index contributed by atoms with van der Waals surface area (Å²) in [6.45, 7) is 1.21. The molecule has 2 aromatic heterocycles. The van der Waals surface area contributed by atoms with E-state index in [0.717, 1.165) is 0 Å². The monoisotopic (exact) mass is 606 g/mol. The first kappa shape index (κ1) is 30.8. The van der Waals surface area contributed by atoms with E-state index >= 15 is 4.39 Å². The normalized spacial score (nSPS) is 24.4. The lowest BCUT2D eigenvalue weighted by atomic mass is 9.97. The standard InChI is InChI=1S/C26H32FN6O6PS/c1-7-26(27)21(34)19(38-25(26)33-15-28-20-22(32(5)6)29-17(4)30-23(20)33)14-37-40(41,31-16(3)24(35)36-8-2)39-18-12-10-9-11-13-18/h1,9-13,15-16,19,21,25,34H,8,14H2,2-6H3,(H,31,41)/t16-,19-,21-,25-,26-,40?/m1/s1. The van der Waals surface area contributed by atoms with Gasteiger partial charge in [0.15, 0.2) is 23.2 Å². The molecule has 0 saturated carbocycles. The number of nitrogens with zero attached hydrogens (tertiary/aromatic N) is 5. The van der Waals surface area contributed by atoms with Gasteiger partial charge in [0.25, 0.3) is 0 Å². The van der Waals surface area contributed by atoms with Crippen molar-refractivity contribution in [1.29, 1.82) is 0 Å². The largest absolute Gasteiger partial charge is 0.465 e. The molecule has 2 N–H and O–H groups in total. The van der Waals surface area contributed by atoms with Gasteiger partial charge in [-0.2, -0.15) is 0 Å². The van der Waals surface area contributed by atoms with Crippen LogP contribution in [0.3, 0.4) is 0 Å². The van der Waals surface area contributed by atoms with Crippen LogP contribution in [-0.4, -0.2) is 81.8 Å². The number of hydrogen-bond acceptors (Lipinski definition) is 11. The molecule has 0 radical (unpaired) electrons. The van der Waals surface area contributed by atoms with E-state index in [0.29, 0.717) is 22.9 Å². The minimum Gasteiger partial charge on any atom is -0.465 e. The molecule has 0 bridgehead atoms. The molecule has 3 aromatic rings. The Kier molecular flexibility index (Phi) is 9.28. The van der Waals surface area contributed by atoms with E-state index in [4.69, 9.17) is 36.8 Å². The molecule has 41 heavy (non-hydrogen) atoms. The number of anilines is 1. The molecule has 4 rings (SSSR count). The van der Waals surface area contributed by atoms with Crippen LogP contribution in [0.5, 0.6) is 5.75 Å². The van der Waals surface area contributed by atoms with Gasteiger partial charge >= 0.3 is 12.6 Å². The summed E-state index contributed by atoms with van der Waals surface area (Å²) >= 11 is 5.69. The van der Waals surface area contributed by atoms with Gasteiger partial charge in [-0.25, -0.2) is 24.4 Å². The SMILES string of the molecule is C#C[C@@]1(F)[C@H](O)[C@@H](COP(=S)(N[C@H](C)C(=O)OCC)Oc2ccccc2)O[C@H]1n1cnc2c(N(C)C)nc(C)nc21. The Hall–Kier alpha value is -3.18. The Morgan fingerprint density at radius 2 is 2.10 bits per heavy atom. The summed E-state index contributed by atoms with van der Waals surface area (Å²) < 4.78 is 40.5. The number of rotatable bonds is 11. The van der Waals surface area contributed by atoms with E-state index in [2.05, 4.69) is 20.0 Å². The Balaban J connectivity index is 1.61. The van der Waals surface area contributed by atoms with Crippen molar-refractivity contribution >= 4 is 41.4 Å². The van der Waals surface area contributed by atoms with Gasteiger partial charge in [-0.05, 0) is 44.7 Å². The first-order chi connectivity index (χ1) is 19.4. The third kappa shape index (κ3) is 6.35. The predicted molar refractivity (Wildman–Crippen MR) is 154 cm³/mol. The zero-order valence-corrected chi connectivity index (χ0v) is 24.9. The highest BCUT2D eigenvalue weighted by molar-refractivity contribution is 8.09. The van der Waals surface area contributed by atoms with Crippen LogP contribution in [0, 0.1) is 19.3 Å². The van der Waals surface area contributed by atoms with Crippen molar-refractivity contribution in [2.45, 2.75) is 50.9 Å². The van der Waals surface area contributed by atoms with Gasteiger partial charge in [0, 0.05) is 14.1 Å². The highest BCUT2D eigenvalue weighted by atomic mass is 32.5. The van der Waals surface area contributed by atoms with Crippen LogP contribution in [-0.2, 0) is 30.6 Å². The Morgan fingerprint density at radius 1 is 1.39 bits per heavy atom. The third-order valence-electron chi connectivity index (χ3n) is 6.23. The van der Waals surface area contributed by atoms with Crippen LogP contribution in [0.25, 0.3) is 11.2 Å². The molecule has 1 aliphatic rings. The highest BCUT2D eigenvalue weighted by Gasteiger charge is 2.58. The molecule has 220 valence electrons. The van der Waals surface area contributed by atoms with E-state index in [1.54, 1.807) is 70.1 Å². The summed E-state index contributed by atoms with van der Waals surface area (Å²) in [6.07, 6.45) is 2.36. The van der Waals surface area contributed by atoms with Gasteiger partial charge < -0.3 is 28.5 Å². The maximum Gasteiger partial charge on any atom is 0.323 e. The van der Waals surface area contributed by atoms with Crippen molar-refractivity contribution in [2.24, 2.45) is 0 Å². The maximum atomic E-state index is 16.3. The number of ether oxygens (including phenoxy) is 2. The average Bonchev–Trinajstić information content (AvgIpc) is 3.45. The third-order valence-corrected chi connectivity index (χ3v) is 8.73. The van der Waals surface area contributed by atoms with Gasteiger partial charge in [-0.1, -0.05) is 24.1 Å². The van der Waals surface area contributed by atoms with Crippen LogP contribution in [0.15, 0.2) is 36.7 Å². The quantitative estimate of drug-likeness (QED) is 0.189. The second-order valence-corrected chi connectivity index (χ2v) is 12.6. The smallest absolute Gasteiger partial charge is 0.323 e. The minimum absolute atomic E-state index is 0.172. The van der Waals surface area contributed by atoms with E-state index in [1.807, 2.05) is 5.92 Å². The molecule has 6 atom stereocenters. The Labute approximate surface area is 242 Å². The number of terminal acetylenes is 1. The molecular formula is C26H32FN6O6PS. The number of alkyl halides is 1. The van der Waals surface area contributed by atoms with Crippen LogP contribution < -0.4 is 14.5 Å². The number of esters is 1. The number of nitrogens with one attached hydrogen (secondary N) is 1. The maximum absolute atomic E-state index is 16.3.